The van der Waals surface area contributed by atoms with Crippen LogP contribution in [0.2, 0.25) is 0 Å². The van der Waals surface area contributed by atoms with Crippen LogP contribution < -0.4 is 5.32 Å². The number of rotatable bonds is 4. The lowest BCUT2D eigenvalue weighted by atomic mass is 10.1. The molecule has 0 aliphatic heterocycles. The Labute approximate surface area is 92.8 Å². The van der Waals surface area contributed by atoms with Crippen molar-refractivity contribution < 1.29 is 4.39 Å². The van der Waals surface area contributed by atoms with Gasteiger partial charge in [-0.3, -0.25) is 0 Å². The Morgan fingerprint density at radius 1 is 1.50 bits per heavy atom. The lowest BCUT2D eigenvalue weighted by Crippen LogP contribution is -2.21. The molecule has 1 N–H and O–H groups in total. The van der Waals surface area contributed by atoms with E-state index in [1.54, 1.807) is 0 Å². The van der Waals surface area contributed by atoms with Crippen molar-refractivity contribution in [3.8, 4) is 0 Å². The summed E-state index contributed by atoms with van der Waals surface area (Å²) in [4.78, 5) is 0. The van der Waals surface area contributed by atoms with E-state index in [-0.39, 0.29) is 5.82 Å². The Morgan fingerprint density at radius 2 is 2.21 bits per heavy atom. The van der Waals surface area contributed by atoms with E-state index in [2.05, 4.69) is 28.2 Å². The van der Waals surface area contributed by atoms with Crippen LogP contribution in [0.5, 0.6) is 0 Å². The smallest absolute Gasteiger partial charge is 0.137 e. The first-order valence-electron chi connectivity index (χ1n) is 4.74. The predicted molar refractivity (Wildman–Crippen MR) is 60.9 cm³/mol. The topological polar surface area (TPSA) is 12.0 Å². The normalized spacial score (nSPS) is 12.9. The second-order valence-corrected chi connectivity index (χ2v) is 4.33. The number of hydrogen-bond donors (Lipinski definition) is 1. The minimum absolute atomic E-state index is 0.199. The van der Waals surface area contributed by atoms with Gasteiger partial charge in [0, 0.05) is 6.04 Å². The fraction of sp³-hybridized carbons (Fsp3) is 0.455. The summed E-state index contributed by atoms with van der Waals surface area (Å²) in [7, 11) is 1.95. The fourth-order valence-electron chi connectivity index (χ4n) is 1.22. The number of aryl methyl sites for hydroxylation is 1. The van der Waals surface area contributed by atoms with Crippen LogP contribution in [0.15, 0.2) is 22.7 Å². The van der Waals surface area contributed by atoms with Crippen molar-refractivity contribution in [2.45, 2.75) is 25.8 Å². The zero-order valence-corrected chi connectivity index (χ0v) is 10.1. The number of benzene rings is 1. The zero-order valence-electron chi connectivity index (χ0n) is 8.48. The Kier molecular flexibility index (Phi) is 4.55. The summed E-state index contributed by atoms with van der Waals surface area (Å²) < 4.78 is 13.5. The summed E-state index contributed by atoms with van der Waals surface area (Å²) in [5, 5.41) is 3.18. The summed E-state index contributed by atoms with van der Waals surface area (Å²) in [6.45, 7) is 2.14. The van der Waals surface area contributed by atoms with Gasteiger partial charge < -0.3 is 5.32 Å². The molecule has 0 radical (unpaired) electrons. The zero-order chi connectivity index (χ0) is 10.6. The summed E-state index contributed by atoms with van der Waals surface area (Å²) in [6, 6.07) is 5.68. The lowest BCUT2D eigenvalue weighted by molar-refractivity contribution is 0.564. The van der Waals surface area contributed by atoms with Gasteiger partial charge in [-0.15, -0.1) is 0 Å². The van der Waals surface area contributed by atoms with Crippen molar-refractivity contribution in [2.24, 2.45) is 0 Å². The minimum atomic E-state index is -0.199. The molecule has 14 heavy (non-hydrogen) atoms. The van der Waals surface area contributed by atoms with Crippen LogP contribution in [0, 0.1) is 5.82 Å². The molecule has 0 saturated carbocycles. The van der Waals surface area contributed by atoms with Crippen LogP contribution in [0.25, 0.3) is 0 Å². The highest BCUT2D eigenvalue weighted by molar-refractivity contribution is 9.10. The molecule has 0 amide bonds. The van der Waals surface area contributed by atoms with Crippen LogP contribution in [-0.2, 0) is 6.42 Å². The van der Waals surface area contributed by atoms with Gasteiger partial charge in [0.25, 0.3) is 0 Å². The van der Waals surface area contributed by atoms with Gasteiger partial charge in [0.05, 0.1) is 4.47 Å². The lowest BCUT2D eigenvalue weighted by Gasteiger charge is -2.09. The standard InChI is InChI=1S/C11H15BrFN/c1-8(14-2)3-4-9-5-6-11(13)10(12)7-9/h5-8,14H,3-4H2,1-2H3. The molecule has 1 nitrogen and oxygen atoms in total. The third-order valence-electron chi connectivity index (χ3n) is 2.34. The highest BCUT2D eigenvalue weighted by Crippen LogP contribution is 2.17. The molecule has 1 rings (SSSR count). The predicted octanol–water partition coefficient (Wildman–Crippen LogP) is 3.13. The van der Waals surface area contributed by atoms with E-state index < -0.39 is 0 Å². The van der Waals surface area contributed by atoms with Crippen LogP contribution in [0.4, 0.5) is 4.39 Å². The second kappa shape index (κ2) is 5.47. The highest BCUT2D eigenvalue weighted by atomic mass is 79.9. The molecule has 0 bridgehead atoms. The van der Waals surface area contributed by atoms with Gasteiger partial charge in [0.2, 0.25) is 0 Å². The van der Waals surface area contributed by atoms with Gasteiger partial charge in [-0.05, 0) is 60.4 Å². The summed E-state index contributed by atoms with van der Waals surface area (Å²) in [5.41, 5.74) is 1.17. The van der Waals surface area contributed by atoms with Crippen LogP contribution >= 0.6 is 15.9 Å². The molecule has 1 atom stereocenters. The first-order chi connectivity index (χ1) is 6.63. The van der Waals surface area contributed by atoms with Crippen molar-refractivity contribution >= 4 is 15.9 Å². The van der Waals surface area contributed by atoms with Gasteiger partial charge in [-0.25, -0.2) is 4.39 Å². The maximum atomic E-state index is 12.9. The van der Waals surface area contributed by atoms with Crippen LogP contribution in [-0.4, -0.2) is 13.1 Å². The summed E-state index contributed by atoms with van der Waals surface area (Å²) >= 11 is 3.18. The monoisotopic (exact) mass is 259 g/mol. The van der Waals surface area contributed by atoms with Crippen molar-refractivity contribution in [1.82, 2.24) is 5.32 Å². The Hall–Kier alpha value is -0.410. The van der Waals surface area contributed by atoms with Crippen molar-refractivity contribution in [2.75, 3.05) is 7.05 Å². The average Bonchev–Trinajstić information content (AvgIpc) is 2.19. The molecule has 78 valence electrons. The molecular weight excluding hydrogens is 245 g/mol. The molecule has 0 saturated heterocycles. The maximum Gasteiger partial charge on any atom is 0.137 e. The van der Waals surface area contributed by atoms with Crippen molar-refractivity contribution in [1.29, 1.82) is 0 Å². The summed E-state index contributed by atoms with van der Waals surface area (Å²) in [6.07, 6.45) is 2.04. The third-order valence-corrected chi connectivity index (χ3v) is 2.95. The number of hydrogen-bond acceptors (Lipinski definition) is 1. The first kappa shape index (κ1) is 11.7. The van der Waals surface area contributed by atoms with E-state index in [1.165, 1.54) is 11.6 Å². The molecule has 0 spiro atoms. The quantitative estimate of drug-likeness (QED) is 0.877. The van der Waals surface area contributed by atoms with Gasteiger partial charge in [0.1, 0.15) is 5.82 Å². The van der Waals surface area contributed by atoms with Crippen LogP contribution in [0.3, 0.4) is 0 Å². The molecule has 1 unspecified atom stereocenters. The molecular formula is C11H15BrFN. The van der Waals surface area contributed by atoms with E-state index in [4.69, 9.17) is 0 Å². The van der Waals surface area contributed by atoms with Crippen LogP contribution in [0.1, 0.15) is 18.9 Å². The van der Waals surface area contributed by atoms with Crippen molar-refractivity contribution in [3.05, 3.63) is 34.1 Å². The van der Waals surface area contributed by atoms with E-state index in [0.29, 0.717) is 10.5 Å². The average molecular weight is 260 g/mol. The van der Waals surface area contributed by atoms with E-state index in [1.807, 2.05) is 19.2 Å². The molecule has 1 aromatic rings. The molecule has 0 aliphatic carbocycles. The second-order valence-electron chi connectivity index (χ2n) is 3.48. The number of nitrogens with one attached hydrogen (secondary N) is 1. The highest BCUT2D eigenvalue weighted by Gasteiger charge is 2.02. The SMILES string of the molecule is CNC(C)CCc1ccc(F)c(Br)c1. The van der Waals surface area contributed by atoms with E-state index in [0.717, 1.165) is 12.8 Å². The molecule has 3 heteroatoms. The van der Waals surface area contributed by atoms with Gasteiger partial charge in [0.15, 0.2) is 0 Å². The fourth-order valence-corrected chi connectivity index (χ4v) is 1.65. The number of halogens is 2. The molecule has 1 aromatic carbocycles. The molecule has 0 heterocycles. The minimum Gasteiger partial charge on any atom is -0.317 e. The van der Waals surface area contributed by atoms with E-state index >= 15 is 0 Å². The molecule has 0 aromatic heterocycles. The van der Waals surface area contributed by atoms with Gasteiger partial charge >= 0.3 is 0 Å². The Balaban J connectivity index is 2.55. The largest absolute Gasteiger partial charge is 0.317 e. The van der Waals surface area contributed by atoms with Gasteiger partial charge in [-0.1, -0.05) is 6.07 Å². The molecule has 0 fully saturated rings. The third kappa shape index (κ3) is 3.39. The van der Waals surface area contributed by atoms with Gasteiger partial charge in [-0.2, -0.15) is 0 Å². The summed E-state index contributed by atoms with van der Waals surface area (Å²) in [5.74, 6) is -0.199. The molecule has 0 aliphatic rings. The Morgan fingerprint density at radius 3 is 2.79 bits per heavy atom. The van der Waals surface area contributed by atoms with E-state index in [9.17, 15) is 4.39 Å². The van der Waals surface area contributed by atoms with Crippen molar-refractivity contribution in [3.63, 3.8) is 0 Å². The Bertz CT molecular complexity index is 301. The maximum absolute atomic E-state index is 12.9. The first-order valence-corrected chi connectivity index (χ1v) is 5.54.